The van der Waals surface area contributed by atoms with E-state index < -0.39 is 18.4 Å². The van der Waals surface area contributed by atoms with Gasteiger partial charge in [0.1, 0.15) is 0 Å². The minimum atomic E-state index is -4.06. The summed E-state index contributed by atoms with van der Waals surface area (Å²) in [7, 11) is -5.87. The molecule has 8 heteroatoms. The normalized spacial score (nSPS) is 13.6. The lowest BCUT2D eigenvalue weighted by molar-refractivity contribution is -0.0962. The molecule has 1 rings (SSSR count). The van der Waals surface area contributed by atoms with Crippen molar-refractivity contribution >= 4 is 18.4 Å². The van der Waals surface area contributed by atoms with E-state index in [2.05, 4.69) is 13.5 Å². The monoisotopic (exact) mass is 266 g/mol. The van der Waals surface area contributed by atoms with Crippen LogP contribution in [0.1, 0.15) is 5.56 Å². The lowest BCUT2D eigenvalue weighted by atomic mass is 10.2. The van der Waals surface area contributed by atoms with Crippen LogP contribution in [-0.4, -0.2) is 15.5 Å². The van der Waals surface area contributed by atoms with Gasteiger partial charge in [0.2, 0.25) is 0 Å². The molecule has 1 aromatic rings. The summed E-state index contributed by atoms with van der Waals surface area (Å²) < 4.78 is 46.0. The van der Waals surface area contributed by atoms with Crippen LogP contribution in [0.15, 0.2) is 29.2 Å². The third-order valence-electron chi connectivity index (χ3n) is 1.67. The van der Waals surface area contributed by atoms with E-state index in [9.17, 15) is 13.0 Å². The Labute approximate surface area is 94.1 Å². The second kappa shape index (κ2) is 5.56. The van der Waals surface area contributed by atoms with Gasteiger partial charge in [-0.25, -0.2) is 0 Å². The summed E-state index contributed by atoms with van der Waals surface area (Å²) >= 11 is 0. The molecule has 0 radical (unpaired) electrons. The first-order valence-corrected chi connectivity index (χ1v) is 6.85. The Morgan fingerprint density at radius 1 is 1.19 bits per heavy atom. The van der Waals surface area contributed by atoms with Gasteiger partial charge in [0.05, 0.1) is 4.90 Å². The molecule has 0 bridgehead atoms. The third kappa shape index (κ3) is 3.70. The van der Waals surface area contributed by atoms with E-state index in [1.54, 1.807) is 12.1 Å². The SMILES string of the molecule is CO[PH](=O)OOS(=O)(=O)c1ccc(C)cc1. The van der Waals surface area contributed by atoms with Crippen molar-refractivity contribution in [1.82, 2.24) is 0 Å². The van der Waals surface area contributed by atoms with Gasteiger partial charge in [0.25, 0.3) is 0 Å². The average Bonchev–Trinajstić information content (AvgIpc) is 2.26. The van der Waals surface area contributed by atoms with Crippen molar-refractivity contribution in [3.63, 3.8) is 0 Å². The van der Waals surface area contributed by atoms with Gasteiger partial charge in [-0.2, -0.15) is 8.42 Å². The van der Waals surface area contributed by atoms with Crippen LogP contribution in [0.3, 0.4) is 0 Å². The topological polar surface area (TPSA) is 78.9 Å². The van der Waals surface area contributed by atoms with Gasteiger partial charge >= 0.3 is 18.4 Å². The van der Waals surface area contributed by atoms with Gasteiger partial charge in [0, 0.05) is 7.11 Å². The maximum atomic E-state index is 11.4. The van der Waals surface area contributed by atoms with Crippen molar-refractivity contribution in [2.75, 3.05) is 7.11 Å². The first kappa shape index (κ1) is 13.3. The molecule has 16 heavy (non-hydrogen) atoms. The minimum absolute atomic E-state index is 0.0796. The predicted octanol–water partition coefficient (Wildman–Crippen LogP) is 1.67. The molecule has 1 unspecified atom stereocenters. The highest BCUT2D eigenvalue weighted by atomic mass is 32.2. The molecule has 0 aliphatic rings. The van der Waals surface area contributed by atoms with Crippen LogP contribution in [0.25, 0.3) is 0 Å². The molecule has 0 saturated heterocycles. The molecule has 0 N–H and O–H groups in total. The van der Waals surface area contributed by atoms with Gasteiger partial charge < -0.3 is 4.52 Å². The smallest absolute Gasteiger partial charge is 0.312 e. The Morgan fingerprint density at radius 2 is 1.75 bits per heavy atom. The van der Waals surface area contributed by atoms with E-state index in [1.807, 2.05) is 6.92 Å². The van der Waals surface area contributed by atoms with Crippen molar-refractivity contribution in [3.05, 3.63) is 29.8 Å². The number of benzene rings is 1. The molecule has 0 fully saturated rings. The Balaban J connectivity index is 2.78. The van der Waals surface area contributed by atoms with Crippen LogP contribution in [0.5, 0.6) is 0 Å². The number of hydrogen-bond donors (Lipinski definition) is 0. The van der Waals surface area contributed by atoms with Crippen LogP contribution in [0.4, 0.5) is 0 Å². The molecule has 0 aliphatic heterocycles. The zero-order chi connectivity index (χ0) is 12.2. The Kier molecular flexibility index (Phi) is 4.64. The van der Waals surface area contributed by atoms with Gasteiger partial charge in [-0.1, -0.05) is 22.0 Å². The molecule has 0 aromatic heterocycles. The zero-order valence-electron chi connectivity index (χ0n) is 8.67. The summed E-state index contributed by atoms with van der Waals surface area (Å²) in [6.07, 6.45) is 0. The lowest BCUT2D eigenvalue weighted by Crippen LogP contribution is -2.04. The molecule has 1 atom stereocenters. The first-order valence-electron chi connectivity index (χ1n) is 4.21. The molecule has 0 spiro atoms. The number of aryl methyl sites for hydroxylation is 1. The molecule has 1 aromatic carbocycles. The first-order chi connectivity index (χ1) is 7.45. The number of rotatable bonds is 5. The summed E-state index contributed by atoms with van der Waals surface area (Å²) in [5.41, 5.74) is 0.908. The molecular formula is C8H11O6PS. The predicted molar refractivity (Wildman–Crippen MR) is 56.5 cm³/mol. The Morgan fingerprint density at radius 3 is 2.25 bits per heavy atom. The van der Waals surface area contributed by atoms with Crippen LogP contribution in [-0.2, 0) is 28.2 Å². The largest absolute Gasteiger partial charge is 0.348 e. The maximum absolute atomic E-state index is 11.4. The van der Waals surface area contributed by atoms with Crippen molar-refractivity contribution in [2.24, 2.45) is 0 Å². The highest BCUT2D eigenvalue weighted by molar-refractivity contribution is 7.86. The lowest BCUT2D eigenvalue weighted by Gasteiger charge is -2.03. The minimum Gasteiger partial charge on any atom is -0.312 e. The van der Waals surface area contributed by atoms with Gasteiger partial charge in [-0.15, -0.1) is 4.67 Å². The van der Waals surface area contributed by atoms with Crippen LogP contribution < -0.4 is 0 Å². The molecule has 0 aliphatic carbocycles. The van der Waals surface area contributed by atoms with E-state index in [-0.39, 0.29) is 4.90 Å². The van der Waals surface area contributed by atoms with Crippen molar-refractivity contribution in [2.45, 2.75) is 11.8 Å². The van der Waals surface area contributed by atoms with E-state index in [4.69, 9.17) is 0 Å². The summed E-state index contributed by atoms with van der Waals surface area (Å²) in [6, 6.07) is 5.93. The van der Waals surface area contributed by atoms with Gasteiger partial charge in [-0.3, -0.25) is 4.57 Å². The van der Waals surface area contributed by atoms with Gasteiger partial charge in [0.15, 0.2) is 0 Å². The van der Waals surface area contributed by atoms with E-state index in [1.165, 1.54) is 12.1 Å². The standard InChI is InChI=1S/C8H11O6PS/c1-7-3-5-8(6-4-7)16(10,11)14-13-15(9)12-2/h3-6,15H,1-2H3. The summed E-state index contributed by atoms with van der Waals surface area (Å²) in [5.74, 6) is 0. The van der Waals surface area contributed by atoms with Crippen molar-refractivity contribution in [3.8, 4) is 0 Å². The van der Waals surface area contributed by atoms with E-state index >= 15 is 0 Å². The molecule has 6 nitrogen and oxygen atoms in total. The second-order valence-electron chi connectivity index (χ2n) is 2.87. The quantitative estimate of drug-likeness (QED) is 0.458. The fraction of sp³-hybridized carbons (Fsp3) is 0.250. The maximum Gasteiger partial charge on any atom is 0.348 e. The summed E-state index contributed by atoms with van der Waals surface area (Å²) in [5, 5.41) is 0. The number of hydrogen-bond acceptors (Lipinski definition) is 6. The Hall–Kier alpha value is -0.720. The molecule has 0 heterocycles. The average molecular weight is 266 g/mol. The highest BCUT2D eigenvalue weighted by Crippen LogP contribution is 2.25. The van der Waals surface area contributed by atoms with Crippen LogP contribution in [0.2, 0.25) is 0 Å². The summed E-state index contributed by atoms with van der Waals surface area (Å²) in [6.45, 7) is 1.82. The van der Waals surface area contributed by atoms with E-state index in [0.29, 0.717) is 0 Å². The molecule has 0 amide bonds. The van der Waals surface area contributed by atoms with Crippen LogP contribution in [0, 0.1) is 6.92 Å². The van der Waals surface area contributed by atoms with Crippen molar-refractivity contribution in [1.29, 1.82) is 0 Å². The summed E-state index contributed by atoms with van der Waals surface area (Å²) in [4.78, 5) is -0.0796. The second-order valence-corrected chi connectivity index (χ2v) is 5.46. The fourth-order valence-corrected chi connectivity index (χ4v) is 2.05. The third-order valence-corrected chi connectivity index (χ3v) is 3.44. The van der Waals surface area contributed by atoms with E-state index in [0.717, 1.165) is 12.7 Å². The molecule has 0 saturated carbocycles. The molecular weight excluding hydrogens is 255 g/mol. The van der Waals surface area contributed by atoms with Crippen LogP contribution >= 0.6 is 8.25 Å². The molecule has 90 valence electrons. The van der Waals surface area contributed by atoms with Gasteiger partial charge in [-0.05, 0) is 19.1 Å². The van der Waals surface area contributed by atoms with Crippen molar-refractivity contribution < 1.29 is 26.5 Å². The Bertz CT molecular complexity index is 466. The fourth-order valence-electron chi connectivity index (χ4n) is 0.851. The zero-order valence-corrected chi connectivity index (χ0v) is 10.5. The highest BCUT2D eigenvalue weighted by Gasteiger charge is 2.17.